The number of aromatic carboxylic acids is 1. The van der Waals surface area contributed by atoms with E-state index in [2.05, 4.69) is 11.9 Å². The molecule has 4 heteroatoms. The molecule has 1 aliphatic rings. The quantitative estimate of drug-likeness (QED) is 0.835. The molecule has 100 valence electrons. The van der Waals surface area contributed by atoms with Crippen LogP contribution in [0, 0.1) is 0 Å². The van der Waals surface area contributed by atoms with Gasteiger partial charge in [-0.25, -0.2) is 4.79 Å². The molecule has 0 aliphatic heterocycles. The maximum Gasteiger partial charge on any atom is 0.372 e. The van der Waals surface area contributed by atoms with Gasteiger partial charge in [-0.05, 0) is 26.0 Å². The highest BCUT2D eigenvalue weighted by molar-refractivity contribution is 5.86. The van der Waals surface area contributed by atoms with Crippen molar-refractivity contribution >= 4 is 5.97 Å². The van der Waals surface area contributed by atoms with Gasteiger partial charge < -0.3 is 9.52 Å². The third-order valence-corrected chi connectivity index (χ3v) is 3.81. The van der Waals surface area contributed by atoms with Crippen LogP contribution in [0.15, 0.2) is 16.7 Å². The molecular weight excluding hydrogens is 230 g/mol. The average molecular weight is 251 g/mol. The summed E-state index contributed by atoms with van der Waals surface area (Å²) in [5, 5.41) is 9.01. The molecule has 0 aromatic carbocycles. The van der Waals surface area contributed by atoms with Gasteiger partial charge in [0.1, 0.15) is 0 Å². The Morgan fingerprint density at radius 3 is 2.67 bits per heavy atom. The Balaban J connectivity index is 1.99. The van der Waals surface area contributed by atoms with E-state index in [1.165, 1.54) is 44.8 Å². The molecule has 1 aromatic heterocycles. The second-order valence-electron chi connectivity index (χ2n) is 5.14. The standard InChI is InChI=1S/C14H21NO3/c1-15(12-6-4-2-3-5-7-12)10-11-8-9-18-13(11)14(16)17/h8-9,12H,2-7,10H2,1H3,(H,16,17). The van der Waals surface area contributed by atoms with Crippen molar-refractivity contribution in [2.75, 3.05) is 7.05 Å². The lowest BCUT2D eigenvalue weighted by atomic mass is 10.1. The van der Waals surface area contributed by atoms with Crippen molar-refractivity contribution in [3.8, 4) is 0 Å². The van der Waals surface area contributed by atoms with Crippen molar-refractivity contribution in [1.29, 1.82) is 0 Å². The number of nitrogens with zero attached hydrogens (tertiary/aromatic N) is 1. The van der Waals surface area contributed by atoms with Crippen molar-refractivity contribution in [3.05, 3.63) is 23.7 Å². The highest BCUT2D eigenvalue weighted by atomic mass is 16.4. The predicted octanol–water partition coefficient (Wildman–Crippen LogP) is 3.13. The maximum absolute atomic E-state index is 11.0. The van der Waals surface area contributed by atoms with Gasteiger partial charge in [0.2, 0.25) is 5.76 Å². The molecular formula is C14H21NO3. The van der Waals surface area contributed by atoms with Crippen LogP contribution in [0.5, 0.6) is 0 Å². The number of carbonyl (C=O) groups is 1. The van der Waals surface area contributed by atoms with E-state index in [-0.39, 0.29) is 5.76 Å². The van der Waals surface area contributed by atoms with Gasteiger partial charge in [-0.15, -0.1) is 0 Å². The minimum Gasteiger partial charge on any atom is -0.475 e. The van der Waals surface area contributed by atoms with E-state index >= 15 is 0 Å². The van der Waals surface area contributed by atoms with E-state index in [0.29, 0.717) is 12.6 Å². The molecule has 1 heterocycles. The fraction of sp³-hybridized carbons (Fsp3) is 0.643. The normalized spacial score (nSPS) is 17.9. The summed E-state index contributed by atoms with van der Waals surface area (Å²) in [4.78, 5) is 13.2. The van der Waals surface area contributed by atoms with Crippen LogP contribution in [0.4, 0.5) is 0 Å². The van der Waals surface area contributed by atoms with Crippen LogP contribution in [0.2, 0.25) is 0 Å². The highest BCUT2D eigenvalue weighted by Crippen LogP contribution is 2.23. The second kappa shape index (κ2) is 6.05. The van der Waals surface area contributed by atoms with Gasteiger partial charge in [-0.2, -0.15) is 0 Å². The van der Waals surface area contributed by atoms with Crippen LogP contribution < -0.4 is 0 Å². The van der Waals surface area contributed by atoms with Crippen molar-refractivity contribution in [1.82, 2.24) is 4.90 Å². The Labute approximate surface area is 108 Å². The molecule has 18 heavy (non-hydrogen) atoms. The first-order valence-corrected chi connectivity index (χ1v) is 6.68. The molecule has 0 bridgehead atoms. The number of carboxylic acids is 1. The van der Waals surface area contributed by atoms with Crippen molar-refractivity contribution in [2.24, 2.45) is 0 Å². The molecule has 0 atom stereocenters. The molecule has 4 nitrogen and oxygen atoms in total. The lowest BCUT2D eigenvalue weighted by Gasteiger charge is -2.26. The fourth-order valence-corrected chi connectivity index (χ4v) is 2.74. The molecule has 1 N–H and O–H groups in total. The Kier molecular flexibility index (Phi) is 4.42. The minimum atomic E-state index is -0.982. The summed E-state index contributed by atoms with van der Waals surface area (Å²) in [7, 11) is 2.08. The zero-order chi connectivity index (χ0) is 13.0. The molecule has 1 aromatic rings. The molecule has 0 spiro atoms. The first-order chi connectivity index (χ1) is 8.68. The number of furan rings is 1. The number of rotatable bonds is 4. The Hall–Kier alpha value is -1.29. The van der Waals surface area contributed by atoms with Crippen LogP contribution in [-0.4, -0.2) is 29.1 Å². The molecule has 2 rings (SSSR count). The molecule has 0 unspecified atom stereocenters. The van der Waals surface area contributed by atoms with Gasteiger partial charge in [0.25, 0.3) is 0 Å². The van der Waals surface area contributed by atoms with E-state index in [1.54, 1.807) is 6.07 Å². The lowest BCUT2D eigenvalue weighted by molar-refractivity contribution is 0.0658. The lowest BCUT2D eigenvalue weighted by Crippen LogP contribution is -2.31. The van der Waals surface area contributed by atoms with Crippen molar-refractivity contribution in [3.63, 3.8) is 0 Å². The monoisotopic (exact) mass is 251 g/mol. The number of carboxylic acid groups (broad SMARTS) is 1. The molecule has 0 saturated heterocycles. The SMILES string of the molecule is CN(Cc1ccoc1C(=O)O)C1CCCCCC1. The smallest absolute Gasteiger partial charge is 0.372 e. The van der Waals surface area contributed by atoms with E-state index < -0.39 is 5.97 Å². The van der Waals surface area contributed by atoms with E-state index in [1.807, 2.05) is 0 Å². The van der Waals surface area contributed by atoms with Gasteiger partial charge in [0.15, 0.2) is 0 Å². The summed E-state index contributed by atoms with van der Waals surface area (Å²) in [6.07, 6.45) is 9.12. The second-order valence-corrected chi connectivity index (χ2v) is 5.14. The number of hydrogen-bond donors (Lipinski definition) is 1. The summed E-state index contributed by atoms with van der Waals surface area (Å²) in [6, 6.07) is 2.33. The third-order valence-electron chi connectivity index (χ3n) is 3.81. The Morgan fingerprint density at radius 1 is 1.39 bits per heavy atom. The molecule has 0 amide bonds. The predicted molar refractivity (Wildman–Crippen MR) is 68.6 cm³/mol. The fourth-order valence-electron chi connectivity index (χ4n) is 2.74. The zero-order valence-corrected chi connectivity index (χ0v) is 10.9. The number of hydrogen-bond acceptors (Lipinski definition) is 3. The summed E-state index contributed by atoms with van der Waals surface area (Å²) in [5.41, 5.74) is 0.772. The maximum atomic E-state index is 11.0. The summed E-state index contributed by atoms with van der Waals surface area (Å²) in [6.45, 7) is 0.656. The van der Waals surface area contributed by atoms with Crippen LogP contribution in [-0.2, 0) is 6.54 Å². The van der Waals surface area contributed by atoms with Gasteiger partial charge in [0.05, 0.1) is 6.26 Å². The van der Waals surface area contributed by atoms with Crippen LogP contribution in [0.3, 0.4) is 0 Å². The summed E-state index contributed by atoms with van der Waals surface area (Å²) < 4.78 is 5.01. The zero-order valence-electron chi connectivity index (χ0n) is 10.9. The molecule has 1 saturated carbocycles. The summed E-state index contributed by atoms with van der Waals surface area (Å²) in [5.74, 6) is -0.903. The molecule has 0 radical (unpaired) electrons. The van der Waals surface area contributed by atoms with Crippen LogP contribution in [0.25, 0.3) is 0 Å². The molecule has 1 aliphatic carbocycles. The largest absolute Gasteiger partial charge is 0.475 e. The van der Waals surface area contributed by atoms with E-state index in [0.717, 1.165) is 5.56 Å². The van der Waals surface area contributed by atoms with Gasteiger partial charge in [-0.3, -0.25) is 4.90 Å². The van der Waals surface area contributed by atoms with Crippen molar-refractivity contribution < 1.29 is 14.3 Å². The summed E-state index contributed by atoms with van der Waals surface area (Å²) >= 11 is 0. The van der Waals surface area contributed by atoms with E-state index in [4.69, 9.17) is 9.52 Å². The molecule has 1 fully saturated rings. The highest BCUT2D eigenvalue weighted by Gasteiger charge is 2.20. The van der Waals surface area contributed by atoms with Crippen LogP contribution >= 0.6 is 0 Å². The van der Waals surface area contributed by atoms with Gasteiger partial charge >= 0.3 is 5.97 Å². The Bertz CT molecular complexity index is 391. The van der Waals surface area contributed by atoms with Crippen LogP contribution in [0.1, 0.15) is 54.6 Å². The van der Waals surface area contributed by atoms with Gasteiger partial charge in [0, 0.05) is 18.2 Å². The first kappa shape index (κ1) is 13.1. The van der Waals surface area contributed by atoms with Gasteiger partial charge in [-0.1, -0.05) is 25.7 Å². The first-order valence-electron chi connectivity index (χ1n) is 6.68. The topological polar surface area (TPSA) is 53.7 Å². The third kappa shape index (κ3) is 3.13. The van der Waals surface area contributed by atoms with E-state index in [9.17, 15) is 4.79 Å². The minimum absolute atomic E-state index is 0.0791. The van der Waals surface area contributed by atoms with Crippen molar-refractivity contribution in [2.45, 2.75) is 51.1 Å². The Morgan fingerprint density at radius 2 is 2.06 bits per heavy atom. The average Bonchev–Trinajstić information content (AvgIpc) is 2.63.